The van der Waals surface area contributed by atoms with Crippen LogP contribution in [0.4, 0.5) is 74.6 Å². The highest BCUT2D eigenvalue weighted by Crippen LogP contribution is 2.64. The molecule has 0 aromatic rings. The number of rotatable bonds is 7. The minimum absolute atomic E-state index is 0.618. The molecule has 0 N–H and O–H groups in total. The smallest absolute Gasteiger partial charge is 0.461 e. The van der Waals surface area contributed by atoms with Gasteiger partial charge in [-0.2, -0.15) is 65.9 Å². The zero-order valence-electron chi connectivity index (χ0n) is 13.3. The van der Waals surface area contributed by atoms with Crippen LogP contribution in [-0.2, 0) is 0 Å². The molecule has 0 radical (unpaired) electrons. The first-order valence-electron chi connectivity index (χ1n) is 6.26. The van der Waals surface area contributed by atoms with E-state index in [1.54, 1.807) is 0 Å². The van der Waals surface area contributed by atoms with Crippen LogP contribution in [0.5, 0.6) is 0 Å². The Morgan fingerprint density at radius 3 is 0.828 bits per heavy atom. The highest BCUT2D eigenvalue weighted by molar-refractivity contribution is 5.14. The van der Waals surface area contributed by atoms with Gasteiger partial charge in [0.15, 0.2) is 0 Å². The van der Waals surface area contributed by atoms with Crippen molar-refractivity contribution in [1.82, 2.24) is 0 Å². The number of nitrogens with zero attached hydrogens (tertiary/aromatic N) is 1. The molecule has 0 amide bonds. The van der Waals surface area contributed by atoms with Crippen LogP contribution < -0.4 is 0 Å². The molecule has 0 saturated carbocycles. The van der Waals surface area contributed by atoms with Crippen molar-refractivity contribution in [3.63, 3.8) is 0 Å². The Labute approximate surface area is 148 Å². The second kappa shape index (κ2) is 6.36. The third-order valence-corrected chi connectivity index (χ3v) is 3.38. The molecule has 176 valence electrons. The van der Waals surface area contributed by atoms with Gasteiger partial charge >= 0.3 is 47.8 Å². The molecule has 0 atom stereocenters. The Morgan fingerprint density at radius 2 is 0.621 bits per heavy atom. The van der Waals surface area contributed by atoms with Gasteiger partial charge in [0.05, 0.1) is 14.1 Å². The quantitative estimate of drug-likeness (QED) is 0.204. The van der Waals surface area contributed by atoms with E-state index < -0.39 is 66.5 Å². The molecule has 0 rings (SSSR count). The number of hydrogen-bond donors (Lipinski definition) is 0. The minimum atomic E-state index is -8.69. The maximum absolute atomic E-state index is 13.2. The summed E-state index contributed by atoms with van der Waals surface area (Å²) in [5.41, 5.74) is 0. The highest BCUT2D eigenvalue weighted by Gasteiger charge is 2.96. The summed E-state index contributed by atoms with van der Waals surface area (Å²) in [6.07, 6.45) is -7.80. The molecule has 0 unspecified atom stereocenters. The summed E-state index contributed by atoms with van der Waals surface area (Å²) in [7, 11) is -1.24. The van der Waals surface area contributed by atoms with Crippen LogP contribution in [-0.4, -0.2) is 66.5 Å². The normalized spacial score (nSPS) is 17.0. The van der Waals surface area contributed by atoms with Gasteiger partial charge in [0.1, 0.15) is 0 Å². The molecular weight excluding hydrogens is 473 g/mol. The Balaban J connectivity index is 6.82. The Morgan fingerprint density at radius 1 is 0.414 bits per heavy atom. The predicted molar refractivity (Wildman–Crippen MR) is 56.2 cm³/mol. The van der Waals surface area contributed by atoms with Crippen LogP contribution in [0.25, 0.3) is 0 Å². The zero-order chi connectivity index (χ0) is 24.5. The van der Waals surface area contributed by atoms with Crippen molar-refractivity contribution in [2.75, 3.05) is 14.1 Å². The lowest BCUT2D eigenvalue weighted by atomic mass is 9.90. The fraction of sp³-hybridized carbons (Fsp3) is 1.00. The van der Waals surface area contributed by atoms with Crippen LogP contribution in [0.1, 0.15) is 0 Å². The summed E-state index contributed by atoms with van der Waals surface area (Å²) in [4.78, 5) is 0. The van der Waals surface area contributed by atoms with Crippen molar-refractivity contribution < 1.29 is 79.3 Å². The average molecular weight is 479 g/mol. The number of alkyl halides is 17. The summed E-state index contributed by atoms with van der Waals surface area (Å²) >= 11 is 0. The van der Waals surface area contributed by atoms with Gasteiger partial charge in [0.2, 0.25) is 0 Å². The summed E-state index contributed by atoms with van der Waals surface area (Å²) in [5, 5.41) is 10.8. The maximum Gasteiger partial charge on any atom is 0.461 e. The first-order valence-corrected chi connectivity index (χ1v) is 6.26. The van der Waals surface area contributed by atoms with Gasteiger partial charge in [-0.15, -0.1) is 8.78 Å². The Kier molecular flexibility index (Phi) is 6.09. The number of halogens is 17. The fourth-order valence-corrected chi connectivity index (χ4v) is 1.49. The second-order valence-electron chi connectivity index (χ2n) is 5.84. The van der Waals surface area contributed by atoms with E-state index in [-0.39, 0.29) is 0 Å². The molecule has 0 saturated heterocycles. The monoisotopic (exact) mass is 479 g/mol. The maximum atomic E-state index is 13.2. The third kappa shape index (κ3) is 3.27. The number of quaternary nitrogens is 1. The summed E-state index contributed by atoms with van der Waals surface area (Å²) in [6.45, 7) is 0. The van der Waals surface area contributed by atoms with Crippen LogP contribution >= 0.6 is 0 Å². The molecule has 2 nitrogen and oxygen atoms in total. The summed E-state index contributed by atoms with van der Waals surface area (Å²) in [6, 6.07) is -6.99. The fourth-order valence-electron chi connectivity index (χ4n) is 1.49. The van der Waals surface area contributed by atoms with Crippen LogP contribution in [0, 0.1) is 5.21 Å². The molecule has 0 spiro atoms. The van der Waals surface area contributed by atoms with Crippen LogP contribution in [0.2, 0.25) is 0 Å². The number of hydroxylamine groups is 3. The largest absolute Gasteiger partial charge is 0.629 e. The molecule has 0 heterocycles. The van der Waals surface area contributed by atoms with E-state index >= 15 is 0 Å². The minimum Gasteiger partial charge on any atom is -0.629 e. The molecule has 0 aliphatic carbocycles. The lowest BCUT2D eigenvalue weighted by molar-refractivity contribution is -0.950. The topological polar surface area (TPSA) is 23.1 Å². The van der Waals surface area contributed by atoms with E-state index in [2.05, 4.69) is 0 Å². The van der Waals surface area contributed by atoms with Crippen molar-refractivity contribution in [2.24, 2.45) is 0 Å². The molecular formula is C10H6F17NO. The Hall–Kier alpha value is -1.27. The van der Waals surface area contributed by atoms with Gasteiger partial charge in [0.25, 0.3) is 0 Å². The second-order valence-corrected chi connectivity index (χ2v) is 5.84. The van der Waals surface area contributed by atoms with Crippen LogP contribution in [0.15, 0.2) is 0 Å². The van der Waals surface area contributed by atoms with Gasteiger partial charge in [-0.3, -0.25) is 4.65 Å². The average Bonchev–Trinajstić information content (AvgIpc) is 2.43. The highest BCUT2D eigenvalue weighted by atomic mass is 19.4. The van der Waals surface area contributed by atoms with E-state index in [4.69, 9.17) is 0 Å². The van der Waals surface area contributed by atoms with Gasteiger partial charge in [-0.05, 0) is 0 Å². The predicted octanol–water partition coefficient (Wildman–Crippen LogP) is 5.53. The molecule has 0 aliphatic rings. The standard InChI is InChI=1S/C10H6F17NO/c1-28(2,29)10(26,27)8(21,22)6(17,18)4(13,14)3(11,12)5(15,16)7(19,20)9(23,24)25/h1-2H3. The summed E-state index contributed by atoms with van der Waals surface area (Å²) < 4.78 is 214. The van der Waals surface area contributed by atoms with E-state index in [9.17, 15) is 79.8 Å². The van der Waals surface area contributed by atoms with E-state index in [1.807, 2.05) is 0 Å². The van der Waals surface area contributed by atoms with Crippen molar-refractivity contribution in [3.8, 4) is 0 Å². The van der Waals surface area contributed by atoms with Crippen molar-refractivity contribution in [1.29, 1.82) is 0 Å². The SMILES string of the molecule is C[N+](C)([O-])C(F)(F)C(F)(F)C(F)(F)C(F)(F)C(F)(F)C(F)(F)C(F)(F)C(F)(F)F. The molecule has 0 aromatic heterocycles. The van der Waals surface area contributed by atoms with Gasteiger partial charge in [-0.25, -0.2) is 0 Å². The first kappa shape index (κ1) is 27.7. The number of hydrogen-bond acceptors (Lipinski definition) is 1. The van der Waals surface area contributed by atoms with E-state index in [0.29, 0.717) is 0 Å². The van der Waals surface area contributed by atoms with Crippen molar-refractivity contribution in [2.45, 2.75) is 47.8 Å². The van der Waals surface area contributed by atoms with E-state index in [1.165, 1.54) is 0 Å². The van der Waals surface area contributed by atoms with Gasteiger partial charge in [0, 0.05) is 0 Å². The lowest BCUT2D eigenvalue weighted by Gasteiger charge is -2.47. The molecule has 0 fully saturated rings. The third-order valence-electron chi connectivity index (χ3n) is 3.38. The lowest BCUT2D eigenvalue weighted by Crippen LogP contribution is -2.76. The molecule has 0 aromatic carbocycles. The van der Waals surface area contributed by atoms with Crippen molar-refractivity contribution >= 4 is 0 Å². The molecule has 19 heteroatoms. The molecule has 0 bridgehead atoms. The van der Waals surface area contributed by atoms with Gasteiger partial charge < -0.3 is 5.21 Å². The van der Waals surface area contributed by atoms with E-state index in [0.717, 1.165) is 0 Å². The Bertz CT molecular complexity index is 561. The molecule has 0 aliphatic heterocycles. The van der Waals surface area contributed by atoms with Gasteiger partial charge in [-0.1, -0.05) is 0 Å². The zero-order valence-corrected chi connectivity index (χ0v) is 13.3. The van der Waals surface area contributed by atoms with Crippen molar-refractivity contribution in [3.05, 3.63) is 5.21 Å². The summed E-state index contributed by atoms with van der Waals surface area (Å²) in [5.74, 6) is -50.5. The van der Waals surface area contributed by atoms with Crippen LogP contribution in [0.3, 0.4) is 0 Å². The molecule has 29 heavy (non-hydrogen) atoms. The first-order chi connectivity index (χ1) is 12.0.